The van der Waals surface area contributed by atoms with E-state index in [1.165, 1.54) is 36.1 Å². The lowest BCUT2D eigenvalue weighted by Crippen LogP contribution is -2.43. The highest BCUT2D eigenvalue weighted by Crippen LogP contribution is 2.59. The minimum Gasteiger partial charge on any atom is -0.497 e. The van der Waals surface area contributed by atoms with Crippen LogP contribution in [0.2, 0.25) is 0 Å². The SMILES string of the molecule is COc1ccc2c(c1)CC[C@@H]1[C@@H]2CC[C@]2(C)c3nc(N)ncc3C[C@@H]12. The Morgan fingerprint density at radius 2 is 2.12 bits per heavy atom. The highest BCUT2D eigenvalue weighted by molar-refractivity contribution is 5.44. The van der Waals surface area contributed by atoms with Crippen LogP contribution in [0.15, 0.2) is 24.4 Å². The minimum absolute atomic E-state index is 0.164. The van der Waals surface area contributed by atoms with Crippen molar-refractivity contribution in [2.24, 2.45) is 11.8 Å². The quantitative estimate of drug-likeness (QED) is 0.864. The van der Waals surface area contributed by atoms with E-state index in [0.29, 0.717) is 17.8 Å². The third kappa shape index (κ3) is 2.06. The number of rotatable bonds is 1. The number of hydrogen-bond donors (Lipinski definition) is 1. The lowest BCUT2D eigenvalue weighted by molar-refractivity contribution is 0.104. The second-order valence-corrected chi connectivity index (χ2v) is 8.24. The second-order valence-electron chi connectivity index (χ2n) is 8.24. The molecular formula is C21H25N3O. The summed E-state index contributed by atoms with van der Waals surface area (Å²) in [5.41, 5.74) is 11.7. The molecule has 0 unspecified atom stereocenters. The van der Waals surface area contributed by atoms with E-state index in [4.69, 9.17) is 10.5 Å². The fourth-order valence-electron chi connectivity index (χ4n) is 5.98. The van der Waals surface area contributed by atoms with Crippen LogP contribution in [0.3, 0.4) is 0 Å². The lowest BCUT2D eigenvalue weighted by atomic mass is 9.55. The average molecular weight is 335 g/mol. The molecule has 5 rings (SSSR count). The number of anilines is 1. The molecule has 3 aliphatic carbocycles. The molecule has 0 bridgehead atoms. The van der Waals surface area contributed by atoms with Gasteiger partial charge in [0, 0.05) is 11.6 Å². The van der Waals surface area contributed by atoms with Crippen LogP contribution in [0.5, 0.6) is 5.75 Å². The summed E-state index contributed by atoms with van der Waals surface area (Å²) >= 11 is 0. The number of methoxy groups -OCH3 is 1. The molecule has 0 aliphatic heterocycles. The number of aryl methyl sites for hydroxylation is 1. The number of benzene rings is 1. The summed E-state index contributed by atoms with van der Waals surface area (Å²) in [6.45, 7) is 2.41. The minimum atomic E-state index is 0.164. The van der Waals surface area contributed by atoms with Crippen LogP contribution in [0.4, 0.5) is 5.95 Å². The van der Waals surface area contributed by atoms with Crippen LogP contribution >= 0.6 is 0 Å². The van der Waals surface area contributed by atoms with E-state index in [9.17, 15) is 0 Å². The molecule has 0 spiro atoms. The van der Waals surface area contributed by atoms with Crippen LogP contribution in [0.1, 0.15) is 54.5 Å². The molecule has 1 aromatic carbocycles. The summed E-state index contributed by atoms with van der Waals surface area (Å²) < 4.78 is 5.43. The topological polar surface area (TPSA) is 61.0 Å². The fourth-order valence-corrected chi connectivity index (χ4v) is 5.98. The molecule has 4 atom stereocenters. The fraction of sp³-hybridized carbons (Fsp3) is 0.524. The normalized spacial score (nSPS) is 32.3. The number of nitrogens with zero attached hydrogens (tertiary/aromatic N) is 2. The summed E-state index contributed by atoms with van der Waals surface area (Å²) in [5.74, 6) is 3.47. The van der Waals surface area contributed by atoms with Gasteiger partial charge in [0.2, 0.25) is 5.95 Å². The Hall–Kier alpha value is -2.10. The molecule has 0 amide bonds. The van der Waals surface area contributed by atoms with Crippen LogP contribution in [0, 0.1) is 11.8 Å². The van der Waals surface area contributed by atoms with E-state index in [1.807, 2.05) is 6.20 Å². The van der Waals surface area contributed by atoms with Crippen LogP contribution in [0.25, 0.3) is 0 Å². The van der Waals surface area contributed by atoms with Gasteiger partial charge >= 0.3 is 0 Å². The van der Waals surface area contributed by atoms with E-state index < -0.39 is 0 Å². The zero-order valence-electron chi connectivity index (χ0n) is 15.0. The number of aromatic nitrogens is 2. The first kappa shape index (κ1) is 15.2. The van der Waals surface area contributed by atoms with Crippen molar-refractivity contribution < 1.29 is 4.74 Å². The molecule has 3 aliphatic rings. The van der Waals surface area contributed by atoms with E-state index in [-0.39, 0.29) is 5.41 Å². The molecule has 130 valence electrons. The molecule has 1 fully saturated rings. The Bertz CT molecular complexity index is 849. The van der Waals surface area contributed by atoms with Crippen LogP contribution < -0.4 is 10.5 Å². The van der Waals surface area contributed by atoms with Gasteiger partial charge in [-0.25, -0.2) is 9.97 Å². The maximum absolute atomic E-state index is 5.90. The van der Waals surface area contributed by atoms with Gasteiger partial charge in [-0.3, -0.25) is 0 Å². The first-order chi connectivity index (χ1) is 12.1. The molecule has 2 aromatic rings. The molecular weight excluding hydrogens is 310 g/mol. The van der Waals surface area contributed by atoms with Gasteiger partial charge in [0.1, 0.15) is 5.75 Å². The monoisotopic (exact) mass is 335 g/mol. The summed E-state index contributed by atoms with van der Waals surface area (Å²) in [6.07, 6.45) is 7.93. The van der Waals surface area contributed by atoms with Crippen molar-refractivity contribution in [1.29, 1.82) is 0 Å². The van der Waals surface area contributed by atoms with Crippen LogP contribution in [-0.4, -0.2) is 17.1 Å². The summed E-state index contributed by atoms with van der Waals surface area (Å²) in [5, 5.41) is 0. The predicted molar refractivity (Wildman–Crippen MR) is 97.8 cm³/mol. The Morgan fingerprint density at radius 1 is 1.24 bits per heavy atom. The van der Waals surface area contributed by atoms with Crippen molar-refractivity contribution >= 4 is 5.95 Å². The van der Waals surface area contributed by atoms with Crippen molar-refractivity contribution in [3.05, 3.63) is 46.8 Å². The number of nitrogens with two attached hydrogens (primary N) is 1. The van der Waals surface area contributed by atoms with E-state index >= 15 is 0 Å². The molecule has 1 saturated carbocycles. The van der Waals surface area contributed by atoms with Gasteiger partial charge in [0.15, 0.2) is 0 Å². The molecule has 2 N–H and O–H groups in total. The Kier molecular flexibility index (Phi) is 3.16. The van der Waals surface area contributed by atoms with Crippen molar-refractivity contribution in [2.75, 3.05) is 12.8 Å². The van der Waals surface area contributed by atoms with Gasteiger partial charge in [-0.15, -0.1) is 0 Å². The van der Waals surface area contributed by atoms with E-state index in [2.05, 4.69) is 35.1 Å². The first-order valence-corrected chi connectivity index (χ1v) is 9.39. The lowest BCUT2D eigenvalue weighted by Gasteiger charge is -2.49. The largest absolute Gasteiger partial charge is 0.497 e. The van der Waals surface area contributed by atoms with Gasteiger partial charge in [0.25, 0.3) is 0 Å². The maximum Gasteiger partial charge on any atom is 0.220 e. The zero-order chi connectivity index (χ0) is 17.2. The molecule has 1 heterocycles. The van der Waals surface area contributed by atoms with Crippen LogP contribution in [-0.2, 0) is 18.3 Å². The predicted octanol–water partition coefficient (Wildman–Crippen LogP) is 3.64. The number of fused-ring (bicyclic) bond motifs is 7. The second kappa shape index (κ2) is 5.20. The van der Waals surface area contributed by atoms with Gasteiger partial charge in [-0.05, 0) is 78.7 Å². The zero-order valence-corrected chi connectivity index (χ0v) is 15.0. The molecule has 1 aromatic heterocycles. The smallest absolute Gasteiger partial charge is 0.220 e. The summed E-state index contributed by atoms with van der Waals surface area (Å²) in [6, 6.07) is 6.69. The highest BCUT2D eigenvalue weighted by Gasteiger charge is 2.53. The number of ether oxygens (including phenoxy) is 1. The van der Waals surface area contributed by atoms with E-state index in [1.54, 1.807) is 12.7 Å². The third-order valence-electron chi connectivity index (χ3n) is 7.19. The first-order valence-electron chi connectivity index (χ1n) is 9.39. The molecule has 0 saturated heterocycles. The third-order valence-corrected chi connectivity index (χ3v) is 7.19. The van der Waals surface area contributed by atoms with Gasteiger partial charge in [-0.1, -0.05) is 13.0 Å². The van der Waals surface area contributed by atoms with Gasteiger partial charge in [0.05, 0.1) is 12.8 Å². The van der Waals surface area contributed by atoms with Crippen molar-refractivity contribution in [1.82, 2.24) is 9.97 Å². The molecule has 4 nitrogen and oxygen atoms in total. The van der Waals surface area contributed by atoms with Gasteiger partial charge in [-0.2, -0.15) is 0 Å². The standard InChI is InChI=1S/C21H25N3O/c1-21-8-7-16-15-6-4-14(25-2)9-12(15)3-5-17(16)18(21)10-13-11-23-20(22)24-19(13)21/h4,6,9,11,16-18H,3,5,7-8,10H2,1-2H3,(H2,22,23,24)/t16-,17-,18+,21+/m1/s1. The van der Waals surface area contributed by atoms with Crippen molar-refractivity contribution in [2.45, 2.75) is 50.4 Å². The highest BCUT2D eigenvalue weighted by atomic mass is 16.5. The Labute approximate surface area is 148 Å². The summed E-state index contributed by atoms with van der Waals surface area (Å²) in [4.78, 5) is 8.92. The maximum atomic E-state index is 5.90. The molecule has 4 heteroatoms. The summed E-state index contributed by atoms with van der Waals surface area (Å²) in [7, 11) is 1.75. The molecule has 0 radical (unpaired) electrons. The number of hydrogen-bond acceptors (Lipinski definition) is 4. The van der Waals surface area contributed by atoms with Crippen molar-refractivity contribution in [3.63, 3.8) is 0 Å². The number of nitrogen functional groups attached to an aromatic ring is 1. The Morgan fingerprint density at radius 3 is 2.96 bits per heavy atom. The van der Waals surface area contributed by atoms with E-state index in [0.717, 1.165) is 24.5 Å². The average Bonchev–Trinajstić information content (AvgIpc) is 2.93. The van der Waals surface area contributed by atoms with Crippen molar-refractivity contribution in [3.8, 4) is 5.75 Å². The van der Waals surface area contributed by atoms with Gasteiger partial charge < -0.3 is 10.5 Å². The molecule has 25 heavy (non-hydrogen) atoms. The Balaban J connectivity index is 1.54.